The molecule has 2 aliphatic rings. The first-order chi connectivity index (χ1) is 8.22. The molecule has 0 saturated carbocycles. The number of nitrogens with zero attached hydrogens (tertiary/aromatic N) is 1. The van der Waals surface area contributed by atoms with Gasteiger partial charge in [-0.15, -0.1) is 0 Å². The molecule has 2 fully saturated rings. The molecule has 4 heteroatoms. The summed E-state index contributed by atoms with van der Waals surface area (Å²) >= 11 is 0. The Hall–Kier alpha value is -0.900. The number of nitrogens with one attached hydrogen (secondary N) is 1. The molecule has 2 aliphatic heterocycles. The first kappa shape index (κ1) is 12.6. The Morgan fingerprint density at radius 1 is 1.29 bits per heavy atom. The first-order valence-electron chi connectivity index (χ1n) is 6.78. The van der Waals surface area contributed by atoms with Crippen LogP contribution in [0.1, 0.15) is 45.4 Å². The third-order valence-electron chi connectivity index (χ3n) is 3.80. The van der Waals surface area contributed by atoms with Crippen LogP contribution in [0, 0.1) is 5.92 Å². The van der Waals surface area contributed by atoms with E-state index in [0.29, 0.717) is 12.8 Å². The summed E-state index contributed by atoms with van der Waals surface area (Å²) in [4.78, 5) is 25.7. The maximum atomic E-state index is 12.1. The molecule has 1 unspecified atom stereocenters. The lowest BCUT2D eigenvalue weighted by Gasteiger charge is -2.37. The molecule has 1 atom stereocenters. The molecule has 2 amide bonds. The molecule has 0 aromatic rings. The van der Waals surface area contributed by atoms with E-state index in [1.54, 1.807) is 4.90 Å². The quantitative estimate of drug-likeness (QED) is 0.754. The average Bonchev–Trinajstić information content (AvgIpc) is 2.30. The standard InChI is InChI=1S/C13H22N2O2/c1-2-4-10-7-12(16)15(13(17)8-10)11-5-3-6-14-9-11/h10-11,14H,2-9H2,1H3. The second-order valence-electron chi connectivity index (χ2n) is 5.22. The highest BCUT2D eigenvalue weighted by molar-refractivity contribution is 5.98. The Balaban J connectivity index is 1.98. The highest BCUT2D eigenvalue weighted by Crippen LogP contribution is 2.26. The molecule has 4 nitrogen and oxygen atoms in total. The molecule has 2 saturated heterocycles. The normalized spacial score (nSPS) is 27.6. The minimum Gasteiger partial charge on any atom is -0.315 e. The Labute approximate surface area is 103 Å². The van der Waals surface area contributed by atoms with Gasteiger partial charge in [-0.05, 0) is 31.7 Å². The molecule has 0 radical (unpaired) electrons. The molecule has 0 aromatic heterocycles. The molecule has 0 spiro atoms. The Morgan fingerprint density at radius 2 is 2.00 bits per heavy atom. The fourth-order valence-corrected chi connectivity index (χ4v) is 2.98. The van der Waals surface area contributed by atoms with E-state index in [2.05, 4.69) is 12.2 Å². The van der Waals surface area contributed by atoms with Gasteiger partial charge in [0, 0.05) is 19.4 Å². The molecule has 0 bridgehead atoms. The molecule has 17 heavy (non-hydrogen) atoms. The lowest BCUT2D eigenvalue weighted by Crippen LogP contribution is -2.54. The third kappa shape index (κ3) is 2.86. The number of piperidine rings is 2. The number of likely N-dealkylation sites (tertiary alicyclic amines) is 1. The number of rotatable bonds is 3. The molecular weight excluding hydrogens is 216 g/mol. The Bertz CT molecular complexity index is 280. The molecular formula is C13H22N2O2. The minimum absolute atomic E-state index is 0.0494. The third-order valence-corrected chi connectivity index (χ3v) is 3.80. The van der Waals surface area contributed by atoms with Gasteiger partial charge in [0.1, 0.15) is 0 Å². The van der Waals surface area contributed by atoms with Gasteiger partial charge in [-0.2, -0.15) is 0 Å². The van der Waals surface area contributed by atoms with Crippen molar-refractivity contribution in [3.63, 3.8) is 0 Å². The maximum absolute atomic E-state index is 12.1. The largest absolute Gasteiger partial charge is 0.315 e. The summed E-state index contributed by atoms with van der Waals surface area (Å²) in [5.41, 5.74) is 0. The van der Waals surface area contributed by atoms with Gasteiger partial charge < -0.3 is 5.32 Å². The van der Waals surface area contributed by atoms with E-state index in [4.69, 9.17) is 0 Å². The van der Waals surface area contributed by atoms with E-state index < -0.39 is 0 Å². The predicted molar refractivity (Wildman–Crippen MR) is 65.4 cm³/mol. The topological polar surface area (TPSA) is 49.4 Å². The summed E-state index contributed by atoms with van der Waals surface area (Å²) in [6.07, 6.45) is 5.19. The van der Waals surface area contributed by atoms with Crippen molar-refractivity contribution in [2.24, 2.45) is 5.92 Å². The summed E-state index contributed by atoms with van der Waals surface area (Å²) in [5.74, 6) is 0.384. The zero-order valence-corrected chi connectivity index (χ0v) is 10.6. The van der Waals surface area contributed by atoms with Gasteiger partial charge in [-0.3, -0.25) is 14.5 Å². The fraction of sp³-hybridized carbons (Fsp3) is 0.846. The van der Waals surface area contributed by atoms with Crippen LogP contribution in [0.4, 0.5) is 0 Å². The minimum atomic E-state index is 0.0494. The predicted octanol–water partition coefficient (Wildman–Crippen LogP) is 1.30. The number of imide groups is 1. The van der Waals surface area contributed by atoms with Crippen LogP contribution in [0.2, 0.25) is 0 Å². The van der Waals surface area contributed by atoms with Gasteiger partial charge in [-0.25, -0.2) is 0 Å². The van der Waals surface area contributed by atoms with Crippen LogP contribution >= 0.6 is 0 Å². The highest BCUT2D eigenvalue weighted by atomic mass is 16.2. The van der Waals surface area contributed by atoms with Crippen LogP contribution < -0.4 is 5.32 Å². The number of hydrogen-bond donors (Lipinski definition) is 1. The number of carbonyl (C=O) groups is 2. The first-order valence-corrected chi connectivity index (χ1v) is 6.78. The molecule has 1 N–H and O–H groups in total. The van der Waals surface area contributed by atoms with Crippen LogP contribution in [0.5, 0.6) is 0 Å². The van der Waals surface area contributed by atoms with E-state index in [9.17, 15) is 9.59 Å². The Kier molecular flexibility index (Phi) is 4.15. The fourth-order valence-electron chi connectivity index (χ4n) is 2.98. The van der Waals surface area contributed by atoms with Crippen molar-refractivity contribution >= 4 is 11.8 Å². The van der Waals surface area contributed by atoms with E-state index in [1.165, 1.54) is 0 Å². The molecule has 2 rings (SSSR count). The van der Waals surface area contributed by atoms with Crippen LogP contribution in [0.3, 0.4) is 0 Å². The number of carbonyl (C=O) groups excluding carboxylic acids is 2. The lowest BCUT2D eigenvalue weighted by atomic mass is 9.90. The van der Waals surface area contributed by atoms with E-state index in [-0.39, 0.29) is 23.8 Å². The van der Waals surface area contributed by atoms with Gasteiger partial charge in [0.2, 0.25) is 11.8 Å². The second kappa shape index (κ2) is 5.63. The van der Waals surface area contributed by atoms with Crippen molar-refractivity contribution < 1.29 is 9.59 Å². The van der Waals surface area contributed by atoms with Gasteiger partial charge in [-0.1, -0.05) is 13.3 Å². The highest BCUT2D eigenvalue weighted by Gasteiger charge is 2.36. The monoisotopic (exact) mass is 238 g/mol. The summed E-state index contributed by atoms with van der Waals surface area (Å²) in [5, 5.41) is 3.26. The summed E-state index contributed by atoms with van der Waals surface area (Å²) in [6.45, 7) is 3.88. The maximum Gasteiger partial charge on any atom is 0.229 e. The number of hydrogen-bond acceptors (Lipinski definition) is 3. The van der Waals surface area contributed by atoms with Crippen molar-refractivity contribution in [1.29, 1.82) is 0 Å². The molecule has 0 aromatic carbocycles. The van der Waals surface area contributed by atoms with Crippen LogP contribution in [0.25, 0.3) is 0 Å². The van der Waals surface area contributed by atoms with Gasteiger partial charge in [0.05, 0.1) is 6.04 Å². The van der Waals surface area contributed by atoms with Crippen LogP contribution in [-0.2, 0) is 9.59 Å². The van der Waals surface area contributed by atoms with Crippen LogP contribution in [-0.4, -0.2) is 35.8 Å². The zero-order chi connectivity index (χ0) is 12.3. The van der Waals surface area contributed by atoms with E-state index in [0.717, 1.165) is 38.8 Å². The summed E-state index contributed by atoms with van der Waals surface area (Å²) in [6, 6.07) is 0.103. The summed E-state index contributed by atoms with van der Waals surface area (Å²) < 4.78 is 0. The molecule has 0 aliphatic carbocycles. The lowest BCUT2D eigenvalue weighted by molar-refractivity contribution is -0.153. The van der Waals surface area contributed by atoms with E-state index in [1.807, 2.05) is 0 Å². The summed E-state index contributed by atoms with van der Waals surface area (Å²) in [7, 11) is 0. The zero-order valence-electron chi connectivity index (χ0n) is 10.6. The smallest absolute Gasteiger partial charge is 0.229 e. The van der Waals surface area contributed by atoms with Crippen molar-refractivity contribution in [2.75, 3.05) is 13.1 Å². The van der Waals surface area contributed by atoms with Gasteiger partial charge in [0.25, 0.3) is 0 Å². The molecule has 2 heterocycles. The van der Waals surface area contributed by atoms with E-state index >= 15 is 0 Å². The van der Waals surface area contributed by atoms with Crippen LogP contribution in [0.15, 0.2) is 0 Å². The van der Waals surface area contributed by atoms with Gasteiger partial charge >= 0.3 is 0 Å². The van der Waals surface area contributed by atoms with Crippen molar-refractivity contribution in [3.05, 3.63) is 0 Å². The SMILES string of the molecule is CCCC1CC(=O)N(C2CCCNC2)C(=O)C1. The van der Waals surface area contributed by atoms with Crippen molar-refractivity contribution in [3.8, 4) is 0 Å². The van der Waals surface area contributed by atoms with Crippen molar-refractivity contribution in [2.45, 2.75) is 51.5 Å². The van der Waals surface area contributed by atoms with Gasteiger partial charge in [0.15, 0.2) is 0 Å². The second-order valence-corrected chi connectivity index (χ2v) is 5.22. The number of amides is 2. The average molecular weight is 238 g/mol. The Morgan fingerprint density at radius 3 is 2.53 bits per heavy atom. The van der Waals surface area contributed by atoms with Crippen molar-refractivity contribution in [1.82, 2.24) is 10.2 Å². The molecule has 96 valence electrons.